The number of hydrogen-bond acceptors (Lipinski definition) is 5. The Balaban J connectivity index is 1.50. The lowest BCUT2D eigenvalue weighted by Crippen LogP contribution is -2.57. The van der Waals surface area contributed by atoms with Crippen LogP contribution in [-0.4, -0.2) is 58.5 Å². The lowest BCUT2D eigenvalue weighted by atomic mass is 10.0. The topological polar surface area (TPSA) is 117 Å². The highest BCUT2D eigenvalue weighted by Crippen LogP contribution is 2.45. The minimum atomic E-state index is -1.05. The molecule has 40 heavy (non-hydrogen) atoms. The van der Waals surface area contributed by atoms with Crippen LogP contribution in [0.4, 0.5) is 4.79 Å². The molecule has 4 amide bonds. The Morgan fingerprint density at radius 1 is 1.10 bits per heavy atom. The third kappa shape index (κ3) is 7.56. The summed E-state index contributed by atoms with van der Waals surface area (Å²) in [6, 6.07) is 5.76. The van der Waals surface area contributed by atoms with Crippen LogP contribution in [0.15, 0.2) is 36.4 Å². The molecule has 1 saturated carbocycles. The number of hydrogen-bond donors (Lipinski definition) is 3. The summed E-state index contributed by atoms with van der Waals surface area (Å²) in [5.41, 5.74) is -0.842. The van der Waals surface area contributed by atoms with Gasteiger partial charge in [0.15, 0.2) is 0 Å². The number of rotatable bonds is 4. The second-order valence-electron chi connectivity index (χ2n) is 12.0. The Morgan fingerprint density at radius 2 is 1.85 bits per heavy atom. The van der Waals surface area contributed by atoms with Gasteiger partial charge in [0, 0.05) is 24.0 Å². The molecule has 9 nitrogen and oxygen atoms in total. The van der Waals surface area contributed by atoms with Crippen LogP contribution < -0.4 is 16.0 Å². The van der Waals surface area contributed by atoms with Crippen molar-refractivity contribution in [2.24, 2.45) is 5.92 Å². The zero-order valence-electron chi connectivity index (χ0n) is 23.6. The quantitative estimate of drug-likeness (QED) is 0.467. The second-order valence-corrected chi connectivity index (χ2v) is 12.5. The lowest BCUT2D eigenvalue weighted by Gasteiger charge is -2.30. The first-order valence-electron chi connectivity index (χ1n) is 14.3. The molecule has 0 unspecified atom stereocenters. The van der Waals surface area contributed by atoms with Crippen molar-refractivity contribution >= 4 is 35.4 Å². The Kier molecular flexibility index (Phi) is 9.44. The smallest absolute Gasteiger partial charge is 0.408 e. The van der Waals surface area contributed by atoms with E-state index < -0.39 is 29.3 Å². The highest BCUT2D eigenvalue weighted by Gasteiger charge is 2.60. The van der Waals surface area contributed by atoms with E-state index in [1.165, 1.54) is 0 Å². The minimum Gasteiger partial charge on any atom is -0.444 e. The van der Waals surface area contributed by atoms with Gasteiger partial charge < -0.3 is 25.6 Å². The molecule has 2 fully saturated rings. The van der Waals surface area contributed by atoms with Crippen molar-refractivity contribution in [3.63, 3.8) is 0 Å². The van der Waals surface area contributed by atoms with E-state index in [4.69, 9.17) is 16.3 Å². The van der Waals surface area contributed by atoms with Gasteiger partial charge in [-0.2, -0.15) is 0 Å². The third-order valence-corrected chi connectivity index (χ3v) is 7.94. The molecule has 4 atom stereocenters. The van der Waals surface area contributed by atoms with Gasteiger partial charge >= 0.3 is 6.09 Å². The average molecular weight is 573 g/mol. The number of halogens is 1. The van der Waals surface area contributed by atoms with E-state index in [0.29, 0.717) is 43.8 Å². The molecule has 1 aliphatic carbocycles. The van der Waals surface area contributed by atoms with E-state index >= 15 is 0 Å². The molecule has 3 aliphatic rings. The number of nitrogens with one attached hydrogen (secondary N) is 3. The van der Waals surface area contributed by atoms with Gasteiger partial charge in [-0.3, -0.25) is 14.4 Å². The number of nitrogens with zero attached hydrogens (tertiary/aromatic N) is 1. The summed E-state index contributed by atoms with van der Waals surface area (Å²) >= 11 is 5.98. The fourth-order valence-electron chi connectivity index (χ4n) is 5.49. The lowest BCUT2D eigenvalue weighted by molar-refractivity contribution is -0.141. The average Bonchev–Trinajstić information content (AvgIpc) is 3.35. The van der Waals surface area contributed by atoms with Crippen LogP contribution in [-0.2, 0) is 25.7 Å². The maximum Gasteiger partial charge on any atom is 0.408 e. The van der Waals surface area contributed by atoms with Gasteiger partial charge in [0.25, 0.3) is 0 Å². The Labute approximate surface area is 241 Å². The van der Waals surface area contributed by atoms with Crippen molar-refractivity contribution in [1.29, 1.82) is 0 Å². The summed E-state index contributed by atoms with van der Waals surface area (Å²) in [5.74, 6) is -0.978. The van der Waals surface area contributed by atoms with Crippen molar-refractivity contribution in [2.45, 2.75) is 102 Å². The van der Waals surface area contributed by atoms with Crippen LogP contribution in [0.5, 0.6) is 0 Å². The largest absolute Gasteiger partial charge is 0.444 e. The van der Waals surface area contributed by atoms with E-state index in [1.807, 2.05) is 18.2 Å². The summed E-state index contributed by atoms with van der Waals surface area (Å²) in [7, 11) is 0. The number of benzene rings is 1. The first-order chi connectivity index (χ1) is 19.0. The first kappa shape index (κ1) is 29.9. The third-order valence-electron chi connectivity index (χ3n) is 7.69. The van der Waals surface area contributed by atoms with Crippen molar-refractivity contribution in [3.8, 4) is 0 Å². The fourth-order valence-corrected chi connectivity index (χ4v) is 5.61. The number of carbonyl (C=O) groups is 4. The molecule has 1 aromatic rings. The monoisotopic (exact) mass is 572 g/mol. The zero-order chi connectivity index (χ0) is 28.9. The molecule has 0 spiro atoms. The molecule has 1 aromatic carbocycles. The molecule has 0 aromatic heterocycles. The van der Waals surface area contributed by atoms with Gasteiger partial charge in [0.05, 0.1) is 0 Å². The van der Waals surface area contributed by atoms with Crippen molar-refractivity contribution in [2.75, 3.05) is 6.54 Å². The van der Waals surface area contributed by atoms with Crippen molar-refractivity contribution < 1.29 is 23.9 Å². The van der Waals surface area contributed by atoms with E-state index in [9.17, 15) is 19.2 Å². The molecular formula is C30H41ClN4O5. The standard InChI is InChI=1S/C30H41ClN4O5/c1-29(2,3)40-28(39)33-23-11-8-6-4-5-7-10-21-18-30(21,27(38)32-19-20-13-15-22(31)16-14-20)34-25(36)24-12-9-17-35(24)26(23)37/h7,10,13-16,21,23-24H,4-6,8-9,11-12,17-19H2,1-3H3,(H,32,38)(H,33,39)(H,34,36)/b10-7-/t21-,23-,24-,30+/m0/s1. The molecule has 2 heterocycles. The van der Waals surface area contributed by atoms with Crippen LogP contribution >= 0.6 is 11.6 Å². The SMILES string of the molecule is CC(C)(C)OC(=O)N[C@H]1CCCCC/C=C\[C@H]2C[C@@]2(C(=O)NCc2ccc(Cl)cc2)NC(=O)[C@@H]2CCCN2C1=O. The summed E-state index contributed by atoms with van der Waals surface area (Å²) in [4.78, 5) is 54.9. The van der Waals surface area contributed by atoms with E-state index in [2.05, 4.69) is 22.0 Å². The molecule has 4 rings (SSSR count). The summed E-state index contributed by atoms with van der Waals surface area (Å²) in [5, 5.41) is 9.38. The van der Waals surface area contributed by atoms with Gasteiger partial charge in [0.1, 0.15) is 23.2 Å². The Morgan fingerprint density at radius 3 is 2.58 bits per heavy atom. The van der Waals surface area contributed by atoms with Crippen LogP contribution in [0.3, 0.4) is 0 Å². The number of amides is 4. The van der Waals surface area contributed by atoms with Gasteiger partial charge in [0.2, 0.25) is 17.7 Å². The predicted molar refractivity (Wildman–Crippen MR) is 152 cm³/mol. The zero-order valence-corrected chi connectivity index (χ0v) is 24.4. The minimum absolute atomic E-state index is 0.112. The van der Waals surface area contributed by atoms with Crippen LogP contribution in [0, 0.1) is 5.92 Å². The number of ether oxygens (including phenoxy) is 1. The van der Waals surface area contributed by atoms with Gasteiger partial charge in [-0.25, -0.2) is 4.79 Å². The maximum atomic E-state index is 13.7. The molecule has 2 aliphatic heterocycles. The number of fused-ring (bicyclic) bond motifs is 2. The molecular weight excluding hydrogens is 532 g/mol. The highest BCUT2D eigenvalue weighted by atomic mass is 35.5. The molecule has 10 heteroatoms. The van der Waals surface area contributed by atoms with Crippen LogP contribution in [0.1, 0.15) is 77.7 Å². The fraction of sp³-hybridized carbons (Fsp3) is 0.600. The summed E-state index contributed by atoms with van der Waals surface area (Å²) in [6.45, 7) is 6.04. The van der Waals surface area contributed by atoms with Crippen molar-refractivity contribution in [1.82, 2.24) is 20.9 Å². The number of carbonyl (C=O) groups excluding carboxylic acids is 4. The molecule has 1 saturated heterocycles. The van der Waals surface area contributed by atoms with E-state index in [1.54, 1.807) is 37.8 Å². The van der Waals surface area contributed by atoms with Gasteiger partial charge in [-0.05, 0) is 77.0 Å². The molecule has 3 N–H and O–H groups in total. The van der Waals surface area contributed by atoms with E-state index in [0.717, 1.165) is 31.2 Å². The number of allylic oxidation sites excluding steroid dienone is 1. The van der Waals surface area contributed by atoms with Gasteiger partial charge in [-0.15, -0.1) is 0 Å². The van der Waals surface area contributed by atoms with Crippen LogP contribution in [0.2, 0.25) is 5.02 Å². The Hall–Kier alpha value is -3.07. The molecule has 0 radical (unpaired) electrons. The van der Waals surface area contributed by atoms with Crippen LogP contribution in [0.25, 0.3) is 0 Å². The Bertz CT molecular complexity index is 1130. The molecule has 218 valence electrons. The first-order valence-corrected chi connectivity index (χ1v) is 14.7. The normalized spacial score (nSPS) is 28.2. The number of alkyl carbamates (subject to hydrolysis) is 1. The van der Waals surface area contributed by atoms with Gasteiger partial charge in [-0.1, -0.05) is 48.7 Å². The second kappa shape index (κ2) is 12.6. The summed E-state index contributed by atoms with van der Waals surface area (Å²) < 4.78 is 5.41. The highest BCUT2D eigenvalue weighted by molar-refractivity contribution is 6.30. The van der Waals surface area contributed by atoms with E-state index in [-0.39, 0.29) is 23.6 Å². The maximum absolute atomic E-state index is 13.7. The predicted octanol–water partition coefficient (Wildman–Crippen LogP) is 4.24. The van der Waals surface area contributed by atoms with Crippen molar-refractivity contribution in [3.05, 3.63) is 47.0 Å². The summed E-state index contributed by atoms with van der Waals surface area (Å²) in [6.07, 6.45) is 9.00. The molecule has 0 bridgehead atoms.